The number of hydrogen-bond donors (Lipinski definition) is 0. The zero-order valence-electron chi connectivity index (χ0n) is 6.01. The van der Waals surface area contributed by atoms with E-state index in [1.807, 2.05) is 4.90 Å². The van der Waals surface area contributed by atoms with Gasteiger partial charge in [-0.2, -0.15) is 0 Å². The van der Waals surface area contributed by atoms with E-state index in [1.165, 1.54) is 5.54 Å². The van der Waals surface area contributed by atoms with Crippen molar-refractivity contribution in [1.82, 2.24) is 4.90 Å². The minimum atomic E-state index is -2.16. The average Bonchev–Trinajstić information content (AvgIpc) is 1.84. The van der Waals surface area contributed by atoms with Crippen LogP contribution in [0.25, 0.3) is 0 Å². The Morgan fingerprint density at radius 2 is 2.18 bits per heavy atom. The Balaban J connectivity index is 2.09. The molecule has 0 saturated carbocycles. The first kappa shape index (κ1) is 8.94. The van der Waals surface area contributed by atoms with Crippen molar-refractivity contribution < 1.29 is 8.78 Å². The fraction of sp³-hybridized carbons (Fsp3) is 0.714. The molecule has 0 unspecified atom stereocenters. The lowest BCUT2D eigenvalue weighted by Gasteiger charge is -2.37. The van der Waals surface area contributed by atoms with Crippen molar-refractivity contribution in [3.05, 3.63) is 11.6 Å². The number of hydrogen-bond acceptors (Lipinski definition) is 1. The first-order chi connectivity index (χ1) is 5.24. The Labute approximate surface area is 69.6 Å². The number of halogens is 3. The summed E-state index contributed by atoms with van der Waals surface area (Å²) in [5.74, 6) is -0.418. The maximum absolute atomic E-state index is 11.9. The molecule has 11 heavy (non-hydrogen) atoms. The molecule has 1 aliphatic heterocycles. The molecule has 0 amide bonds. The van der Waals surface area contributed by atoms with Crippen molar-refractivity contribution in [3.8, 4) is 0 Å². The molecular formula is C7H10ClF2N. The summed E-state index contributed by atoms with van der Waals surface area (Å²) in [6, 6.07) is 0. The van der Waals surface area contributed by atoms with Gasteiger partial charge in [0, 0.05) is 31.1 Å². The average molecular weight is 182 g/mol. The molecule has 0 atom stereocenters. The highest BCUT2D eigenvalue weighted by molar-refractivity contribution is 6.25. The summed E-state index contributed by atoms with van der Waals surface area (Å²) in [6.07, 6.45) is -0.408. The zero-order valence-corrected chi connectivity index (χ0v) is 6.77. The molecule has 0 radical (unpaired) electrons. The van der Waals surface area contributed by atoms with Crippen LogP contribution in [0.15, 0.2) is 11.6 Å². The van der Waals surface area contributed by atoms with E-state index < -0.39 is 12.3 Å². The number of nitrogens with zero attached hydrogens (tertiary/aromatic N) is 1. The Morgan fingerprint density at radius 3 is 2.64 bits per heavy atom. The van der Waals surface area contributed by atoms with Crippen molar-refractivity contribution >= 4 is 11.6 Å². The summed E-state index contributed by atoms with van der Waals surface area (Å²) in [5.41, 5.74) is 1.41. The molecule has 64 valence electrons. The molecule has 0 aromatic rings. The van der Waals surface area contributed by atoms with Crippen molar-refractivity contribution in [2.75, 3.05) is 19.6 Å². The molecule has 0 bridgehead atoms. The second kappa shape index (κ2) is 4.02. The molecule has 1 saturated heterocycles. The second-order valence-corrected chi connectivity index (χ2v) is 2.93. The quantitative estimate of drug-likeness (QED) is 0.643. The Bertz CT molecular complexity index is 143. The minimum absolute atomic E-state index is 0.418. The van der Waals surface area contributed by atoms with Crippen LogP contribution in [0.3, 0.4) is 0 Å². The summed E-state index contributed by atoms with van der Waals surface area (Å²) < 4.78 is 23.8. The monoisotopic (exact) mass is 181 g/mol. The van der Waals surface area contributed by atoms with E-state index in [1.54, 1.807) is 6.08 Å². The fourth-order valence-corrected chi connectivity index (χ4v) is 1.19. The van der Waals surface area contributed by atoms with Gasteiger partial charge in [-0.25, -0.2) is 8.78 Å². The number of likely N-dealkylation sites (tertiary alicyclic amines) is 1. The smallest absolute Gasteiger partial charge is 0.243 e. The van der Waals surface area contributed by atoms with Gasteiger partial charge in [-0.05, 0) is 0 Å². The Kier molecular flexibility index (Phi) is 3.27. The molecule has 1 aliphatic rings. The van der Waals surface area contributed by atoms with Crippen molar-refractivity contribution in [3.63, 3.8) is 0 Å². The SMILES string of the molecule is FC(F)C1CN(C/C=C/Cl)C1. The number of alkyl halides is 2. The van der Waals surface area contributed by atoms with Crippen LogP contribution in [0, 0.1) is 5.92 Å². The molecule has 0 spiro atoms. The Hall–Kier alpha value is -0.150. The molecule has 0 N–H and O–H groups in total. The summed E-state index contributed by atoms with van der Waals surface area (Å²) >= 11 is 5.27. The largest absolute Gasteiger partial charge is 0.299 e. The van der Waals surface area contributed by atoms with Crippen molar-refractivity contribution in [2.24, 2.45) is 5.92 Å². The molecule has 0 aromatic heterocycles. The van der Waals surface area contributed by atoms with E-state index in [4.69, 9.17) is 11.6 Å². The highest BCUT2D eigenvalue weighted by Crippen LogP contribution is 2.21. The zero-order chi connectivity index (χ0) is 8.27. The lowest BCUT2D eigenvalue weighted by molar-refractivity contribution is -0.0186. The predicted molar refractivity (Wildman–Crippen MR) is 40.9 cm³/mol. The molecule has 1 heterocycles. The first-order valence-corrected chi connectivity index (χ1v) is 3.93. The van der Waals surface area contributed by atoms with Crippen molar-refractivity contribution in [1.29, 1.82) is 0 Å². The lowest BCUT2D eigenvalue weighted by Crippen LogP contribution is -2.49. The summed E-state index contributed by atoms with van der Waals surface area (Å²) in [7, 11) is 0. The summed E-state index contributed by atoms with van der Waals surface area (Å²) in [5, 5.41) is 0. The molecule has 0 aromatic carbocycles. The van der Waals surface area contributed by atoms with Gasteiger partial charge in [0.25, 0.3) is 0 Å². The van der Waals surface area contributed by atoms with Gasteiger partial charge in [0.05, 0.1) is 0 Å². The van der Waals surface area contributed by atoms with Crippen LogP contribution in [0.2, 0.25) is 0 Å². The maximum atomic E-state index is 11.9. The van der Waals surface area contributed by atoms with E-state index in [2.05, 4.69) is 0 Å². The Morgan fingerprint density at radius 1 is 1.55 bits per heavy atom. The molecule has 0 aliphatic carbocycles. The third kappa shape index (κ3) is 2.42. The fourth-order valence-electron chi connectivity index (χ4n) is 1.11. The van der Waals surface area contributed by atoms with Crippen LogP contribution in [-0.4, -0.2) is 31.0 Å². The third-order valence-corrected chi connectivity index (χ3v) is 1.97. The van der Waals surface area contributed by atoms with E-state index in [0.29, 0.717) is 19.6 Å². The normalized spacial score (nSPS) is 21.5. The van der Waals surface area contributed by atoms with E-state index in [-0.39, 0.29) is 0 Å². The predicted octanol–water partition coefficient (Wildman–Crippen LogP) is 1.94. The first-order valence-electron chi connectivity index (χ1n) is 3.49. The third-order valence-electron chi connectivity index (χ3n) is 1.79. The second-order valence-electron chi connectivity index (χ2n) is 2.67. The van der Waals surface area contributed by atoms with Gasteiger partial charge in [-0.15, -0.1) is 0 Å². The molecule has 1 rings (SSSR count). The molecule has 4 heteroatoms. The highest BCUT2D eigenvalue weighted by atomic mass is 35.5. The lowest BCUT2D eigenvalue weighted by atomic mass is 10.0. The van der Waals surface area contributed by atoms with E-state index in [9.17, 15) is 8.78 Å². The van der Waals surface area contributed by atoms with Gasteiger partial charge in [0.15, 0.2) is 0 Å². The van der Waals surface area contributed by atoms with Crippen LogP contribution in [0.4, 0.5) is 8.78 Å². The number of rotatable bonds is 3. The standard InChI is InChI=1S/C7H10ClF2N/c8-2-1-3-11-4-6(5-11)7(9)10/h1-2,6-7H,3-5H2/b2-1+. The van der Waals surface area contributed by atoms with Crippen molar-refractivity contribution in [2.45, 2.75) is 6.43 Å². The van der Waals surface area contributed by atoms with Gasteiger partial charge in [0.2, 0.25) is 6.43 Å². The summed E-state index contributed by atoms with van der Waals surface area (Å²) in [4.78, 5) is 1.93. The molecule has 1 fully saturated rings. The van der Waals surface area contributed by atoms with E-state index in [0.717, 1.165) is 0 Å². The van der Waals surface area contributed by atoms with Gasteiger partial charge in [-0.1, -0.05) is 17.7 Å². The molecular weight excluding hydrogens is 172 g/mol. The molecule has 1 nitrogen and oxygen atoms in total. The maximum Gasteiger partial charge on any atom is 0.243 e. The van der Waals surface area contributed by atoms with Gasteiger partial charge in [0.1, 0.15) is 0 Å². The van der Waals surface area contributed by atoms with Crippen LogP contribution in [0.5, 0.6) is 0 Å². The van der Waals surface area contributed by atoms with Crippen LogP contribution >= 0.6 is 11.6 Å². The van der Waals surface area contributed by atoms with Crippen LogP contribution in [0.1, 0.15) is 0 Å². The topological polar surface area (TPSA) is 3.24 Å². The summed E-state index contributed by atoms with van der Waals surface area (Å²) in [6.45, 7) is 1.69. The van der Waals surface area contributed by atoms with E-state index >= 15 is 0 Å². The van der Waals surface area contributed by atoms with Crippen LogP contribution in [-0.2, 0) is 0 Å². The minimum Gasteiger partial charge on any atom is -0.299 e. The van der Waals surface area contributed by atoms with Gasteiger partial charge < -0.3 is 0 Å². The van der Waals surface area contributed by atoms with Crippen LogP contribution < -0.4 is 0 Å². The van der Waals surface area contributed by atoms with Gasteiger partial charge >= 0.3 is 0 Å². The van der Waals surface area contributed by atoms with Gasteiger partial charge in [-0.3, -0.25) is 4.90 Å². The highest BCUT2D eigenvalue weighted by Gasteiger charge is 2.32.